The van der Waals surface area contributed by atoms with E-state index in [2.05, 4.69) is 13.0 Å². The molecule has 2 nitrogen and oxygen atoms in total. The third-order valence-electron chi connectivity index (χ3n) is 2.36. The summed E-state index contributed by atoms with van der Waals surface area (Å²) in [5, 5.41) is 0. The Kier molecular flexibility index (Phi) is 4.74. The summed E-state index contributed by atoms with van der Waals surface area (Å²) >= 11 is 0. The van der Waals surface area contributed by atoms with Crippen LogP contribution in [0.1, 0.15) is 31.7 Å². The Morgan fingerprint density at radius 1 is 1.38 bits per heavy atom. The van der Waals surface area contributed by atoms with Gasteiger partial charge in [-0.2, -0.15) is 0 Å². The van der Waals surface area contributed by atoms with Gasteiger partial charge < -0.3 is 0 Å². The molecular weight excluding hydrogens is 218 g/mol. The fourth-order valence-electron chi connectivity index (χ4n) is 1.51. The highest BCUT2D eigenvalue weighted by molar-refractivity contribution is 7.91. The van der Waals surface area contributed by atoms with Crippen molar-refractivity contribution in [2.24, 2.45) is 0 Å². The molecule has 1 N–H and O–H groups in total. The van der Waals surface area contributed by atoms with E-state index in [1.807, 2.05) is 24.3 Å². The summed E-state index contributed by atoms with van der Waals surface area (Å²) in [4.78, 5) is 0.628. The summed E-state index contributed by atoms with van der Waals surface area (Å²) in [5.74, 6) is 0. The smallest absolute Gasteiger partial charge is 0.0702 e. The van der Waals surface area contributed by atoms with E-state index in [1.165, 1.54) is 19.1 Å². The van der Waals surface area contributed by atoms with E-state index in [0.717, 1.165) is 12.0 Å². The molecule has 1 rings (SSSR count). The number of hydrogen-bond donors (Lipinski definition) is 1. The van der Waals surface area contributed by atoms with E-state index in [0.29, 0.717) is 4.90 Å². The molecule has 0 bridgehead atoms. The van der Waals surface area contributed by atoms with Crippen LogP contribution in [0, 0.1) is 4.78 Å². The molecule has 1 aromatic rings. The van der Waals surface area contributed by atoms with E-state index in [4.69, 9.17) is 4.78 Å². The van der Waals surface area contributed by atoms with Gasteiger partial charge in [0.05, 0.1) is 14.6 Å². The van der Waals surface area contributed by atoms with Gasteiger partial charge in [-0.1, -0.05) is 50.1 Å². The van der Waals surface area contributed by atoms with Crippen LogP contribution in [0.25, 0.3) is 6.08 Å². The van der Waals surface area contributed by atoms with Gasteiger partial charge in [0.25, 0.3) is 0 Å². The minimum absolute atomic E-state index is 0.628. The number of hydrogen-bond acceptors (Lipinski definition) is 2. The monoisotopic (exact) mass is 237 g/mol. The maximum atomic E-state index is 11.7. The largest absolute Gasteiger partial charge is 0.249 e. The van der Waals surface area contributed by atoms with Crippen LogP contribution < -0.4 is 0 Å². The standard InChI is InChI=1S/C13H19NOS/c1-3-4-5-6-9-12-10-7-8-11-13(12)16(2,14)15/h6-11,14H,3-5H2,1-2H3/b9-6-. The van der Waals surface area contributed by atoms with Gasteiger partial charge in [0.15, 0.2) is 0 Å². The Labute approximate surface area is 98.4 Å². The fraction of sp³-hybridized carbons (Fsp3) is 0.385. The van der Waals surface area contributed by atoms with Crippen molar-refractivity contribution in [3.63, 3.8) is 0 Å². The molecule has 3 heteroatoms. The summed E-state index contributed by atoms with van der Waals surface area (Å²) in [5.41, 5.74) is 0.904. The van der Waals surface area contributed by atoms with E-state index in [9.17, 15) is 4.21 Å². The van der Waals surface area contributed by atoms with Crippen LogP contribution in [0.15, 0.2) is 35.2 Å². The highest BCUT2D eigenvalue weighted by atomic mass is 32.2. The molecule has 88 valence electrons. The number of benzene rings is 1. The summed E-state index contributed by atoms with van der Waals surface area (Å²) < 4.78 is 19.4. The Morgan fingerprint density at radius 3 is 2.69 bits per heavy atom. The van der Waals surface area contributed by atoms with Gasteiger partial charge in [-0.15, -0.1) is 0 Å². The maximum absolute atomic E-state index is 11.7. The molecule has 0 fully saturated rings. The van der Waals surface area contributed by atoms with Crippen LogP contribution in [0.2, 0.25) is 0 Å². The lowest BCUT2D eigenvalue weighted by molar-refractivity contribution is 0.679. The van der Waals surface area contributed by atoms with E-state index in [1.54, 1.807) is 6.07 Å². The van der Waals surface area contributed by atoms with Crippen LogP contribution in [-0.4, -0.2) is 10.5 Å². The first-order valence-electron chi connectivity index (χ1n) is 5.55. The lowest BCUT2D eigenvalue weighted by Crippen LogP contribution is -1.97. The fourth-order valence-corrected chi connectivity index (χ4v) is 2.43. The molecule has 0 saturated heterocycles. The predicted molar refractivity (Wildman–Crippen MR) is 70.1 cm³/mol. The molecule has 0 heterocycles. The summed E-state index contributed by atoms with van der Waals surface area (Å²) in [7, 11) is -2.63. The molecule has 0 aliphatic heterocycles. The third-order valence-corrected chi connectivity index (χ3v) is 3.57. The summed E-state index contributed by atoms with van der Waals surface area (Å²) in [6, 6.07) is 7.43. The minimum atomic E-state index is -2.63. The van der Waals surface area contributed by atoms with Crippen molar-refractivity contribution in [3.05, 3.63) is 35.9 Å². The van der Waals surface area contributed by atoms with Crippen molar-refractivity contribution >= 4 is 15.8 Å². The number of unbranched alkanes of at least 4 members (excludes halogenated alkanes) is 2. The molecule has 0 amide bonds. The first kappa shape index (κ1) is 13.0. The summed E-state index contributed by atoms with van der Waals surface area (Å²) in [6.07, 6.45) is 8.91. The van der Waals surface area contributed by atoms with Crippen molar-refractivity contribution in [2.75, 3.05) is 6.26 Å². The highest BCUT2D eigenvalue weighted by Gasteiger charge is 2.06. The second-order valence-corrected chi connectivity index (χ2v) is 6.05. The van der Waals surface area contributed by atoms with Gasteiger partial charge >= 0.3 is 0 Å². The molecule has 1 atom stereocenters. The zero-order valence-electron chi connectivity index (χ0n) is 9.90. The molecule has 1 aromatic carbocycles. The third kappa shape index (κ3) is 3.81. The van der Waals surface area contributed by atoms with Gasteiger partial charge in [0.1, 0.15) is 0 Å². The van der Waals surface area contributed by atoms with Gasteiger partial charge in [-0.05, 0) is 18.1 Å². The Balaban J connectivity index is 2.92. The zero-order valence-corrected chi connectivity index (χ0v) is 10.7. The van der Waals surface area contributed by atoms with Crippen molar-refractivity contribution in [1.82, 2.24) is 0 Å². The molecule has 0 saturated carbocycles. The molecule has 0 spiro atoms. The van der Waals surface area contributed by atoms with Crippen molar-refractivity contribution in [3.8, 4) is 0 Å². The zero-order chi connectivity index (χ0) is 12.0. The second-order valence-electron chi connectivity index (χ2n) is 3.93. The quantitative estimate of drug-likeness (QED) is 0.775. The summed E-state index contributed by atoms with van der Waals surface area (Å²) in [6.45, 7) is 2.16. The molecular formula is C13H19NOS. The normalized spacial score (nSPS) is 15.1. The highest BCUT2D eigenvalue weighted by Crippen LogP contribution is 2.17. The van der Waals surface area contributed by atoms with Gasteiger partial charge in [-0.25, -0.2) is 8.99 Å². The molecule has 16 heavy (non-hydrogen) atoms. The van der Waals surface area contributed by atoms with Crippen LogP contribution in [-0.2, 0) is 9.73 Å². The van der Waals surface area contributed by atoms with Gasteiger partial charge in [0.2, 0.25) is 0 Å². The van der Waals surface area contributed by atoms with Gasteiger partial charge in [0, 0.05) is 6.26 Å². The van der Waals surface area contributed by atoms with Crippen molar-refractivity contribution in [2.45, 2.75) is 31.1 Å². The van der Waals surface area contributed by atoms with Crippen molar-refractivity contribution in [1.29, 1.82) is 4.78 Å². The Morgan fingerprint density at radius 2 is 2.06 bits per heavy atom. The van der Waals surface area contributed by atoms with E-state index in [-0.39, 0.29) is 0 Å². The topological polar surface area (TPSA) is 40.9 Å². The number of rotatable bonds is 5. The molecule has 0 radical (unpaired) electrons. The van der Waals surface area contributed by atoms with Crippen LogP contribution >= 0.6 is 0 Å². The first-order valence-corrected chi connectivity index (χ1v) is 7.51. The Bertz CT molecular complexity index is 461. The maximum Gasteiger partial charge on any atom is 0.0702 e. The second kappa shape index (κ2) is 5.85. The minimum Gasteiger partial charge on any atom is -0.249 e. The Hall–Kier alpha value is -1.09. The molecule has 1 unspecified atom stereocenters. The van der Waals surface area contributed by atoms with Gasteiger partial charge in [-0.3, -0.25) is 0 Å². The molecule has 0 aliphatic carbocycles. The average Bonchev–Trinajstić information content (AvgIpc) is 2.24. The molecule has 0 aliphatic rings. The average molecular weight is 237 g/mol. The lowest BCUT2D eigenvalue weighted by atomic mass is 10.2. The first-order chi connectivity index (χ1) is 7.55. The van der Waals surface area contributed by atoms with Crippen molar-refractivity contribution < 1.29 is 4.21 Å². The van der Waals surface area contributed by atoms with Crippen LogP contribution in [0.5, 0.6) is 0 Å². The predicted octanol–water partition coefficient (Wildman–Crippen LogP) is 3.93. The molecule has 0 aromatic heterocycles. The SMILES string of the molecule is CCCC/C=C\c1ccccc1S(C)(=N)=O. The number of nitrogens with one attached hydrogen (secondary N) is 1. The van der Waals surface area contributed by atoms with E-state index >= 15 is 0 Å². The van der Waals surface area contributed by atoms with Crippen LogP contribution in [0.3, 0.4) is 0 Å². The van der Waals surface area contributed by atoms with E-state index < -0.39 is 9.73 Å². The number of allylic oxidation sites excluding steroid dienone is 1. The lowest BCUT2D eigenvalue weighted by Gasteiger charge is -2.05. The van der Waals surface area contributed by atoms with Crippen LogP contribution in [0.4, 0.5) is 0 Å².